The lowest BCUT2D eigenvalue weighted by molar-refractivity contribution is -0.114. The number of ether oxygens (including phenoxy) is 1. The minimum atomic E-state index is -0.0930. The van der Waals surface area contributed by atoms with Crippen LogP contribution in [0.15, 0.2) is 54.7 Å². The summed E-state index contributed by atoms with van der Waals surface area (Å²) in [5.41, 5.74) is 4.35. The van der Waals surface area contributed by atoms with Crippen molar-refractivity contribution >= 4 is 44.9 Å². The molecule has 0 fully saturated rings. The fraction of sp³-hybridized carbons (Fsp3) is 0.100. The van der Waals surface area contributed by atoms with Crippen molar-refractivity contribution in [3.05, 3.63) is 54.7 Å². The van der Waals surface area contributed by atoms with Crippen LogP contribution in [0.4, 0.5) is 17.1 Å². The highest BCUT2D eigenvalue weighted by Gasteiger charge is 2.08. The molecule has 2 aromatic carbocycles. The molecule has 6 nitrogen and oxygen atoms in total. The van der Waals surface area contributed by atoms with Gasteiger partial charge in [-0.3, -0.25) is 4.79 Å². The fourth-order valence-corrected chi connectivity index (χ4v) is 2.97. The van der Waals surface area contributed by atoms with Crippen molar-refractivity contribution in [3.8, 4) is 5.75 Å². The first-order chi connectivity index (χ1) is 12.6. The van der Waals surface area contributed by atoms with E-state index in [0.29, 0.717) is 0 Å². The van der Waals surface area contributed by atoms with E-state index in [4.69, 9.17) is 4.74 Å². The zero-order valence-corrected chi connectivity index (χ0v) is 14.5. The Morgan fingerprint density at radius 3 is 2.50 bits per heavy atom. The Balaban J connectivity index is 1.69. The van der Waals surface area contributed by atoms with Crippen molar-refractivity contribution in [2.24, 2.45) is 0 Å². The highest BCUT2D eigenvalue weighted by Crippen LogP contribution is 2.29. The number of benzene rings is 2. The Labute approximate surface area is 150 Å². The third kappa shape index (κ3) is 3.04. The van der Waals surface area contributed by atoms with Crippen LogP contribution in [0.5, 0.6) is 5.75 Å². The molecule has 0 saturated carbocycles. The molecule has 0 aliphatic rings. The van der Waals surface area contributed by atoms with Gasteiger partial charge in [0.15, 0.2) is 0 Å². The second kappa shape index (κ2) is 6.40. The SMILES string of the molecule is COc1ccc(Nc2cnc3[nH]c4cc(NC(C)=O)ccc4c3c2)cc1. The van der Waals surface area contributed by atoms with E-state index in [1.165, 1.54) is 6.92 Å². The van der Waals surface area contributed by atoms with Crippen molar-refractivity contribution in [2.45, 2.75) is 6.92 Å². The van der Waals surface area contributed by atoms with E-state index in [1.807, 2.05) is 42.5 Å². The standard InChI is InChI=1S/C20H18N4O2/c1-12(25)22-14-5-8-17-18-9-15(11-21-20(18)24-19(17)10-14)23-13-3-6-16(26-2)7-4-13/h3-11,23H,1-2H3,(H,21,24)(H,22,25). The molecule has 130 valence electrons. The number of aromatic amines is 1. The number of fused-ring (bicyclic) bond motifs is 3. The van der Waals surface area contributed by atoms with Crippen LogP contribution in [0.3, 0.4) is 0 Å². The van der Waals surface area contributed by atoms with Crippen molar-refractivity contribution in [2.75, 3.05) is 17.7 Å². The molecular formula is C20H18N4O2. The molecule has 0 bridgehead atoms. The third-order valence-corrected chi connectivity index (χ3v) is 4.15. The Morgan fingerprint density at radius 2 is 1.77 bits per heavy atom. The molecule has 26 heavy (non-hydrogen) atoms. The minimum absolute atomic E-state index is 0.0930. The lowest BCUT2D eigenvalue weighted by Gasteiger charge is -2.07. The summed E-state index contributed by atoms with van der Waals surface area (Å²) >= 11 is 0. The van der Waals surface area contributed by atoms with Gasteiger partial charge in [-0.15, -0.1) is 0 Å². The Bertz CT molecular complexity index is 1100. The van der Waals surface area contributed by atoms with E-state index in [-0.39, 0.29) is 5.91 Å². The molecule has 6 heteroatoms. The largest absolute Gasteiger partial charge is 0.497 e. The first kappa shape index (κ1) is 16.0. The Morgan fingerprint density at radius 1 is 1.00 bits per heavy atom. The minimum Gasteiger partial charge on any atom is -0.497 e. The maximum Gasteiger partial charge on any atom is 0.221 e. The average molecular weight is 346 g/mol. The second-order valence-electron chi connectivity index (χ2n) is 6.04. The van der Waals surface area contributed by atoms with Gasteiger partial charge in [0.2, 0.25) is 5.91 Å². The van der Waals surface area contributed by atoms with Crippen LogP contribution < -0.4 is 15.4 Å². The molecule has 2 aromatic heterocycles. The molecule has 0 aliphatic carbocycles. The summed E-state index contributed by atoms with van der Waals surface area (Å²) in [6.07, 6.45) is 1.79. The van der Waals surface area contributed by atoms with Crippen LogP contribution in [-0.4, -0.2) is 23.0 Å². The van der Waals surface area contributed by atoms with Crippen molar-refractivity contribution < 1.29 is 9.53 Å². The monoisotopic (exact) mass is 346 g/mol. The number of carbonyl (C=O) groups is 1. The number of hydrogen-bond acceptors (Lipinski definition) is 4. The average Bonchev–Trinajstić information content (AvgIpc) is 2.99. The molecule has 1 amide bonds. The van der Waals surface area contributed by atoms with Gasteiger partial charge in [-0.25, -0.2) is 4.98 Å². The topological polar surface area (TPSA) is 79.0 Å². The van der Waals surface area contributed by atoms with Crippen molar-refractivity contribution in [1.82, 2.24) is 9.97 Å². The molecule has 4 rings (SSSR count). The maximum atomic E-state index is 11.2. The van der Waals surface area contributed by atoms with E-state index in [2.05, 4.69) is 26.7 Å². The lowest BCUT2D eigenvalue weighted by atomic mass is 10.1. The van der Waals surface area contributed by atoms with Crippen LogP contribution in [-0.2, 0) is 4.79 Å². The van der Waals surface area contributed by atoms with Crippen molar-refractivity contribution in [3.63, 3.8) is 0 Å². The fourth-order valence-electron chi connectivity index (χ4n) is 2.97. The van der Waals surface area contributed by atoms with Crippen LogP contribution in [0.1, 0.15) is 6.92 Å². The number of nitrogens with one attached hydrogen (secondary N) is 3. The predicted molar refractivity (Wildman–Crippen MR) is 104 cm³/mol. The quantitative estimate of drug-likeness (QED) is 0.511. The van der Waals surface area contributed by atoms with Gasteiger partial charge in [0.25, 0.3) is 0 Å². The van der Waals surface area contributed by atoms with E-state index in [1.54, 1.807) is 13.3 Å². The van der Waals surface area contributed by atoms with Gasteiger partial charge in [0, 0.05) is 34.6 Å². The molecule has 4 aromatic rings. The third-order valence-electron chi connectivity index (χ3n) is 4.15. The highest BCUT2D eigenvalue weighted by molar-refractivity contribution is 6.08. The van der Waals surface area contributed by atoms with Gasteiger partial charge >= 0.3 is 0 Å². The number of carbonyl (C=O) groups excluding carboxylic acids is 1. The number of rotatable bonds is 4. The van der Waals surface area contributed by atoms with Gasteiger partial charge in [-0.05, 0) is 42.5 Å². The second-order valence-corrected chi connectivity index (χ2v) is 6.04. The molecule has 2 heterocycles. The summed E-state index contributed by atoms with van der Waals surface area (Å²) in [4.78, 5) is 19.0. The smallest absolute Gasteiger partial charge is 0.221 e. The maximum absolute atomic E-state index is 11.2. The molecule has 0 aliphatic heterocycles. The summed E-state index contributed by atoms with van der Waals surface area (Å²) in [5.74, 6) is 0.722. The van der Waals surface area contributed by atoms with Gasteiger partial charge in [0.1, 0.15) is 11.4 Å². The normalized spacial score (nSPS) is 10.8. The summed E-state index contributed by atoms with van der Waals surface area (Å²) in [7, 11) is 1.65. The first-order valence-electron chi connectivity index (χ1n) is 8.22. The Kier molecular flexibility index (Phi) is 3.93. The van der Waals surface area contributed by atoms with Crippen molar-refractivity contribution in [1.29, 1.82) is 0 Å². The molecule has 0 spiro atoms. The zero-order chi connectivity index (χ0) is 18.1. The van der Waals surface area contributed by atoms with Gasteiger partial charge in [-0.1, -0.05) is 6.07 Å². The number of hydrogen-bond donors (Lipinski definition) is 3. The van der Waals surface area contributed by atoms with E-state index < -0.39 is 0 Å². The van der Waals surface area contributed by atoms with Crippen LogP contribution >= 0.6 is 0 Å². The first-order valence-corrected chi connectivity index (χ1v) is 8.22. The number of amides is 1. The number of anilines is 3. The van der Waals surface area contributed by atoms with E-state index in [9.17, 15) is 4.79 Å². The number of H-pyrrole nitrogens is 1. The van der Waals surface area contributed by atoms with E-state index >= 15 is 0 Å². The molecule has 0 radical (unpaired) electrons. The highest BCUT2D eigenvalue weighted by atomic mass is 16.5. The van der Waals surface area contributed by atoms with Gasteiger partial charge in [0.05, 0.1) is 19.0 Å². The summed E-state index contributed by atoms with van der Waals surface area (Å²) in [6, 6.07) is 15.6. The molecule has 0 atom stereocenters. The van der Waals surface area contributed by atoms with Gasteiger partial charge < -0.3 is 20.4 Å². The number of aromatic nitrogens is 2. The number of methoxy groups -OCH3 is 1. The molecular weight excluding hydrogens is 328 g/mol. The lowest BCUT2D eigenvalue weighted by Crippen LogP contribution is -2.05. The predicted octanol–water partition coefficient (Wildman–Crippen LogP) is 4.43. The molecule has 3 N–H and O–H groups in total. The van der Waals surface area contributed by atoms with Crippen LogP contribution in [0, 0.1) is 0 Å². The summed E-state index contributed by atoms with van der Waals surface area (Å²) in [6.45, 7) is 1.49. The zero-order valence-electron chi connectivity index (χ0n) is 14.5. The summed E-state index contributed by atoms with van der Waals surface area (Å²) in [5, 5.41) is 8.22. The summed E-state index contributed by atoms with van der Waals surface area (Å²) < 4.78 is 5.18. The Hall–Kier alpha value is -3.54. The number of nitrogens with zero attached hydrogens (tertiary/aromatic N) is 1. The van der Waals surface area contributed by atoms with Crippen LogP contribution in [0.25, 0.3) is 21.9 Å². The van der Waals surface area contributed by atoms with Gasteiger partial charge in [-0.2, -0.15) is 0 Å². The molecule has 0 unspecified atom stereocenters. The number of pyridine rings is 1. The van der Waals surface area contributed by atoms with Crippen LogP contribution in [0.2, 0.25) is 0 Å². The van der Waals surface area contributed by atoms with E-state index in [0.717, 1.165) is 44.7 Å². The molecule has 0 saturated heterocycles.